The molecule has 0 aliphatic heterocycles. The molecule has 2 aliphatic carbocycles. The van der Waals surface area contributed by atoms with E-state index in [0.29, 0.717) is 0 Å². The molecule has 20 heavy (non-hydrogen) atoms. The lowest BCUT2D eigenvalue weighted by molar-refractivity contribution is 0.513. The van der Waals surface area contributed by atoms with Crippen molar-refractivity contribution in [1.29, 1.82) is 0 Å². The van der Waals surface area contributed by atoms with E-state index >= 15 is 0 Å². The predicted octanol–water partition coefficient (Wildman–Crippen LogP) is 3.06. The first-order valence-corrected chi connectivity index (χ1v) is 7.77. The summed E-state index contributed by atoms with van der Waals surface area (Å²) in [4.78, 5) is 0. The van der Waals surface area contributed by atoms with Crippen LogP contribution in [0.3, 0.4) is 0 Å². The van der Waals surface area contributed by atoms with Gasteiger partial charge in [0.1, 0.15) is 0 Å². The highest BCUT2D eigenvalue weighted by Crippen LogP contribution is 2.23. The number of rotatable bonds is 1. The van der Waals surface area contributed by atoms with Crippen LogP contribution in [-0.2, 0) is 12.8 Å². The van der Waals surface area contributed by atoms with E-state index in [1.807, 2.05) is 0 Å². The predicted molar refractivity (Wildman–Crippen MR) is 84.5 cm³/mol. The van der Waals surface area contributed by atoms with Gasteiger partial charge in [-0.1, -0.05) is 61.9 Å². The van der Waals surface area contributed by atoms with Crippen LogP contribution in [0, 0.1) is 16.4 Å². The van der Waals surface area contributed by atoms with Crippen molar-refractivity contribution in [2.24, 2.45) is 5.92 Å². The molecular formula is C20H20. The Morgan fingerprint density at radius 2 is 1.80 bits per heavy atom. The van der Waals surface area contributed by atoms with E-state index in [4.69, 9.17) is 0 Å². The number of hydrogen-bond donors (Lipinski definition) is 0. The van der Waals surface area contributed by atoms with Gasteiger partial charge in [0.05, 0.1) is 0 Å². The summed E-state index contributed by atoms with van der Waals surface area (Å²) in [5.74, 6) is 0.839. The Labute approximate surface area is 119 Å². The summed E-state index contributed by atoms with van der Waals surface area (Å²) in [7, 11) is 0. The van der Waals surface area contributed by atoms with E-state index in [2.05, 4.69) is 55.5 Å². The van der Waals surface area contributed by atoms with Gasteiger partial charge in [-0.2, -0.15) is 0 Å². The second-order valence-corrected chi connectivity index (χ2v) is 6.07. The number of fused-ring (bicyclic) bond motifs is 4. The van der Waals surface area contributed by atoms with E-state index in [0.717, 1.165) is 12.3 Å². The third kappa shape index (κ3) is 1.75. The summed E-state index contributed by atoms with van der Waals surface area (Å²) in [5.41, 5.74) is 3.20. The van der Waals surface area contributed by atoms with Crippen LogP contribution < -0.4 is 10.4 Å². The fourth-order valence-corrected chi connectivity index (χ4v) is 3.74. The van der Waals surface area contributed by atoms with E-state index in [-0.39, 0.29) is 0 Å². The van der Waals surface area contributed by atoms with Gasteiger partial charge in [-0.05, 0) is 57.2 Å². The van der Waals surface area contributed by atoms with Crippen LogP contribution >= 0.6 is 0 Å². The van der Waals surface area contributed by atoms with Gasteiger partial charge < -0.3 is 0 Å². The second-order valence-electron chi connectivity index (χ2n) is 6.07. The molecule has 2 aromatic rings. The fourth-order valence-electron chi connectivity index (χ4n) is 3.74. The zero-order valence-electron chi connectivity index (χ0n) is 12.0. The third-order valence-electron chi connectivity index (χ3n) is 4.99. The zero-order chi connectivity index (χ0) is 13.5. The molecule has 0 saturated carbocycles. The molecule has 100 valence electrons. The molecular weight excluding hydrogens is 240 g/mol. The minimum absolute atomic E-state index is 0.839. The number of hydrogen-bond acceptors (Lipinski definition) is 0. The van der Waals surface area contributed by atoms with Crippen LogP contribution in [0.2, 0.25) is 0 Å². The molecule has 0 heteroatoms. The quantitative estimate of drug-likeness (QED) is 0.739. The van der Waals surface area contributed by atoms with E-state index in [9.17, 15) is 0 Å². The van der Waals surface area contributed by atoms with Crippen LogP contribution in [0.25, 0.3) is 12.2 Å². The van der Waals surface area contributed by atoms with Crippen molar-refractivity contribution in [3.8, 4) is 0 Å². The minimum atomic E-state index is 0.839. The monoisotopic (exact) mass is 260 g/mol. The highest BCUT2D eigenvalue weighted by atomic mass is 14.2. The summed E-state index contributed by atoms with van der Waals surface area (Å²) >= 11 is 0. The summed E-state index contributed by atoms with van der Waals surface area (Å²) in [6.45, 7) is 2.32. The summed E-state index contributed by atoms with van der Waals surface area (Å²) in [6, 6.07) is 13.5. The maximum atomic E-state index is 2.45. The molecule has 0 N–H and O–H groups in total. The van der Waals surface area contributed by atoms with Crippen molar-refractivity contribution in [2.75, 3.05) is 0 Å². The topological polar surface area (TPSA) is 0 Å². The van der Waals surface area contributed by atoms with Gasteiger partial charge in [-0.25, -0.2) is 0 Å². The highest BCUT2D eigenvalue weighted by Gasteiger charge is 2.16. The molecule has 0 heterocycles. The van der Waals surface area contributed by atoms with Gasteiger partial charge in [-0.15, -0.1) is 0 Å². The maximum Gasteiger partial charge on any atom is -0.00791 e. The van der Waals surface area contributed by atoms with Crippen LogP contribution in [0.5, 0.6) is 0 Å². The Morgan fingerprint density at radius 3 is 2.70 bits per heavy atom. The Morgan fingerprint density at radius 1 is 0.900 bits per heavy atom. The average Bonchev–Trinajstić information content (AvgIpc) is 2.53. The largest absolute Gasteiger partial charge is 0.0767 e. The molecule has 2 aromatic carbocycles. The van der Waals surface area contributed by atoms with Gasteiger partial charge in [0, 0.05) is 0 Å². The first kappa shape index (κ1) is 12.0. The Bertz CT molecular complexity index is 871. The summed E-state index contributed by atoms with van der Waals surface area (Å²) in [5, 5.41) is 5.76. The molecule has 1 atom stereocenters. The molecule has 0 amide bonds. The molecule has 0 bridgehead atoms. The van der Waals surface area contributed by atoms with E-state index < -0.39 is 0 Å². The van der Waals surface area contributed by atoms with Gasteiger partial charge in [0.25, 0.3) is 0 Å². The first-order valence-electron chi connectivity index (χ1n) is 7.77. The maximum absolute atomic E-state index is 2.45. The van der Waals surface area contributed by atoms with E-state index in [1.54, 1.807) is 11.1 Å². The molecule has 1 unspecified atom stereocenters. The zero-order valence-corrected chi connectivity index (χ0v) is 12.0. The lowest BCUT2D eigenvalue weighted by Crippen LogP contribution is -2.23. The van der Waals surface area contributed by atoms with Gasteiger partial charge in [0.2, 0.25) is 0 Å². The van der Waals surface area contributed by atoms with Crippen molar-refractivity contribution < 1.29 is 0 Å². The minimum Gasteiger partial charge on any atom is -0.0767 e. The lowest BCUT2D eigenvalue weighted by atomic mass is 9.83. The summed E-state index contributed by atoms with van der Waals surface area (Å²) < 4.78 is 0. The van der Waals surface area contributed by atoms with Crippen molar-refractivity contribution in [2.45, 2.75) is 32.6 Å². The van der Waals surface area contributed by atoms with E-state index in [1.165, 1.54) is 40.1 Å². The fraction of sp³-hybridized carbons (Fsp3) is 0.300. The Balaban J connectivity index is 2.09. The molecule has 0 aromatic heterocycles. The molecule has 2 aliphatic rings. The molecule has 0 radical (unpaired) electrons. The average molecular weight is 260 g/mol. The second kappa shape index (κ2) is 4.63. The van der Waals surface area contributed by atoms with Gasteiger partial charge in [-0.3, -0.25) is 0 Å². The molecule has 0 spiro atoms. The number of benzene rings is 2. The third-order valence-corrected chi connectivity index (χ3v) is 4.99. The smallest absolute Gasteiger partial charge is 0.00791 e. The molecule has 0 fully saturated rings. The van der Waals surface area contributed by atoms with Crippen molar-refractivity contribution >= 4 is 12.2 Å². The van der Waals surface area contributed by atoms with Crippen LogP contribution in [0.15, 0.2) is 36.4 Å². The lowest BCUT2D eigenvalue weighted by Gasteiger charge is -2.22. The Hall–Kier alpha value is -1.82. The van der Waals surface area contributed by atoms with Crippen LogP contribution in [0.4, 0.5) is 0 Å². The highest BCUT2D eigenvalue weighted by molar-refractivity contribution is 5.47. The van der Waals surface area contributed by atoms with Crippen LogP contribution in [0.1, 0.15) is 30.9 Å². The van der Waals surface area contributed by atoms with Crippen LogP contribution in [-0.4, -0.2) is 0 Å². The molecule has 4 rings (SSSR count). The van der Waals surface area contributed by atoms with Gasteiger partial charge >= 0.3 is 0 Å². The normalized spacial score (nSPS) is 19.1. The standard InChI is InChI=1S/C20H20/c1-2-14-7-8-16-10-11-18-17-6-4-3-5-15(17)9-12-19(18)20(16)13-14/h3-6,8-11,14H,2,7,12-13H2,1H3. The van der Waals surface area contributed by atoms with Crippen molar-refractivity contribution in [3.63, 3.8) is 0 Å². The van der Waals surface area contributed by atoms with Crippen molar-refractivity contribution in [3.05, 3.63) is 68.4 Å². The van der Waals surface area contributed by atoms with Crippen molar-refractivity contribution in [1.82, 2.24) is 0 Å². The molecule has 0 nitrogen and oxygen atoms in total. The molecule has 0 saturated heterocycles. The SMILES string of the molecule is CCC1CC=c2ccc3c(c2C1)CC=c1ccccc1=3. The Kier molecular flexibility index (Phi) is 2.77. The summed E-state index contributed by atoms with van der Waals surface area (Å²) in [6.07, 6.45) is 9.76. The van der Waals surface area contributed by atoms with Gasteiger partial charge in [0.15, 0.2) is 0 Å². The first-order chi connectivity index (χ1) is 9.86.